The van der Waals surface area contributed by atoms with E-state index in [9.17, 15) is 29.7 Å². The molecule has 2 aromatic carbocycles. The van der Waals surface area contributed by atoms with E-state index in [-0.39, 0.29) is 34.5 Å². The van der Waals surface area contributed by atoms with E-state index >= 15 is 0 Å². The largest absolute Gasteiger partial charge is 0.508 e. The van der Waals surface area contributed by atoms with E-state index in [0.717, 1.165) is 24.1 Å². The minimum Gasteiger partial charge on any atom is -0.508 e. The maximum atomic E-state index is 11.5. The molecule has 0 saturated heterocycles. The topological polar surface area (TPSA) is 118 Å². The maximum Gasteiger partial charge on any atom is 0.356 e. The van der Waals surface area contributed by atoms with Crippen LogP contribution in [-0.2, 0) is 17.4 Å². The van der Waals surface area contributed by atoms with Gasteiger partial charge in [0, 0.05) is 11.6 Å². The molecule has 0 atom stereocenters. The highest BCUT2D eigenvalue weighted by molar-refractivity contribution is 7.60. The molecule has 0 amide bonds. The normalized spacial score (nSPS) is 11.6. The number of rotatable bonds is 6. The first-order valence-electron chi connectivity index (χ1n) is 7.16. The van der Waals surface area contributed by atoms with Crippen LogP contribution in [0.4, 0.5) is 0 Å². The number of aryl methyl sites for hydroxylation is 1. The average molecular weight is 338 g/mol. The molecule has 5 N–H and O–H groups in total. The summed E-state index contributed by atoms with van der Waals surface area (Å²) >= 11 is 0. The molecule has 0 spiro atoms. The summed E-state index contributed by atoms with van der Waals surface area (Å²) in [5.41, 5.74) is 1.13. The predicted molar refractivity (Wildman–Crippen MR) is 86.2 cm³/mol. The number of phenolic OH excluding ortho intramolecular Hbond substituents is 3. The monoisotopic (exact) mass is 338 g/mol. The highest BCUT2D eigenvalue weighted by Crippen LogP contribution is 2.39. The number of hydrogen-bond donors (Lipinski definition) is 5. The van der Waals surface area contributed by atoms with Crippen molar-refractivity contribution in [3.8, 4) is 17.2 Å². The molecule has 0 saturated carbocycles. The minimum atomic E-state index is -4.58. The summed E-state index contributed by atoms with van der Waals surface area (Å²) < 4.78 is 11.5. The molecule has 0 aliphatic heterocycles. The Hall–Kier alpha value is -2.01. The van der Waals surface area contributed by atoms with Gasteiger partial charge >= 0.3 is 7.60 Å². The van der Waals surface area contributed by atoms with Crippen molar-refractivity contribution in [1.82, 2.24) is 0 Å². The summed E-state index contributed by atoms with van der Waals surface area (Å²) in [6.45, 7) is 0. The van der Waals surface area contributed by atoms with E-state index in [1.807, 2.05) is 6.07 Å². The van der Waals surface area contributed by atoms with Crippen molar-refractivity contribution in [2.45, 2.75) is 25.7 Å². The third kappa shape index (κ3) is 4.73. The standard InChI is InChI=1S/C16H19O6P/c17-12-6-3-5-11(8-12)4-1-2-7-14-15(19)9-13(18)10-16(14)23(20,21)22/h3,5-6,8-10,17-19H,1-2,4,7H2,(H2,20,21,22). The zero-order valence-electron chi connectivity index (χ0n) is 12.4. The molecule has 6 nitrogen and oxygen atoms in total. The molecule has 2 aromatic rings. The van der Waals surface area contributed by atoms with Gasteiger partial charge < -0.3 is 25.1 Å². The number of hydrogen-bond acceptors (Lipinski definition) is 4. The van der Waals surface area contributed by atoms with E-state index in [1.54, 1.807) is 18.2 Å². The SMILES string of the molecule is O=P(O)(O)c1cc(O)cc(O)c1CCCCc1cccc(O)c1. The van der Waals surface area contributed by atoms with Crippen molar-refractivity contribution in [1.29, 1.82) is 0 Å². The Morgan fingerprint density at radius 1 is 0.870 bits per heavy atom. The Morgan fingerprint density at radius 3 is 2.22 bits per heavy atom. The quantitative estimate of drug-likeness (QED) is 0.407. The molecule has 0 aliphatic carbocycles. The molecular formula is C16H19O6P. The van der Waals surface area contributed by atoms with Gasteiger partial charge in [-0.3, -0.25) is 4.57 Å². The predicted octanol–water partition coefficient (Wildman–Crippen LogP) is 2.17. The molecule has 124 valence electrons. The average Bonchev–Trinajstić information content (AvgIpc) is 2.44. The summed E-state index contributed by atoms with van der Waals surface area (Å²) in [6, 6.07) is 8.96. The number of phenols is 3. The smallest absolute Gasteiger partial charge is 0.356 e. The second-order valence-corrected chi connectivity index (χ2v) is 6.95. The summed E-state index contributed by atoms with van der Waals surface area (Å²) in [5.74, 6) is -0.507. The van der Waals surface area contributed by atoms with Crippen molar-refractivity contribution >= 4 is 12.9 Å². The highest BCUT2D eigenvalue weighted by Gasteiger charge is 2.24. The van der Waals surface area contributed by atoms with Gasteiger partial charge in [-0.2, -0.15) is 0 Å². The Bertz CT molecular complexity index is 737. The van der Waals surface area contributed by atoms with Crippen molar-refractivity contribution in [2.24, 2.45) is 0 Å². The molecule has 0 aliphatic rings. The van der Waals surface area contributed by atoms with E-state index < -0.39 is 7.60 Å². The van der Waals surface area contributed by atoms with Gasteiger partial charge in [-0.15, -0.1) is 0 Å². The zero-order valence-corrected chi connectivity index (χ0v) is 13.3. The number of unbranched alkanes of at least 4 members (excludes halogenated alkanes) is 1. The fourth-order valence-electron chi connectivity index (χ4n) is 2.49. The number of benzene rings is 2. The van der Waals surface area contributed by atoms with Crippen LogP contribution in [0.5, 0.6) is 17.2 Å². The van der Waals surface area contributed by atoms with Gasteiger partial charge in [0.1, 0.15) is 17.2 Å². The summed E-state index contributed by atoms with van der Waals surface area (Å²) in [5, 5.41) is 28.3. The third-order valence-corrected chi connectivity index (χ3v) is 4.58. The number of aromatic hydroxyl groups is 3. The van der Waals surface area contributed by atoms with Crippen LogP contribution in [-0.4, -0.2) is 25.1 Å². The zero-order chi connectivity index (χ0) is 17.0. The van der Waals surface area contributed by atoms with Crippen LogP contribution >= 0.6 is 7.60 Å². The van der Waals surface area contributed by atoms with E-state index in [4.69, 9.17) is 0 Å². The Labute approximate surface area is 133 Å². The highest BCUT2D eigenvalue weighted by atomic mass is 31.2. The summed E-state index contributed by atoms with van der Waals surface area (Å²) in [4.78, 5) is 18.7. The van der Waals surface area contributed by atoms with Crippen LogP contribution < -0.4 is 5.30 Å². The molecule has 0 unspecified atom stereocenters. The van der Waals surface area contributed by atoms with Gasteiger partial charge in [0.25, 0.3) is 0 Å². The van der Waals surface area contributed by atoms with Gasteiger partial charge in [-0.1, -0.05) is 12.1 Å². The van der Waals surface area contributed by atoms with Crippen LogP contribution in [0.3, 0.4) is 0 Å². The molecule has 0 heterocycles. The van der Waals surface area contributed by atoms with Gasteiger partial charge in [0.15, 0.2) is 0 Å². The second kappa shape index (κ2) is 7.04. The van der Waals surface area contributed by atoms with Gasteiger partial charge in [0.05, 0.1) is 5.30 Å². The first-order valence-corrected chi connectivity index (χ1v) is 8.77. The van der Waals surface area contributed by atoms with Crippen molar-refractivity contribution in [3.63, 3.8) is 0 Å². The first-order chi connectivity index (χ1) is 10.8. The summed E-state index contributed by atoms with van der Waals surface area (Å²) in [6.07, 6.45) is 2.31. The first kappa shape index (κ1) is 17.3. The lowest BCUT2D eigenvalue weighted by molar-refractivity contribution is 0.385. The van der Waals surface area contributed by atoms with Crippen molar-refractivity contribution in [3.05, 3.63) is 47.5 Å². The van der Waals surface area contributed by atoms with E-state index in [2.05, 4.69) is 0 Å². The van der Waals surface area contributed by atoms with Crippen LogP contribution in [0, 0.1) is 0 Å². The molecule has 0 bridgehead atoms. The van der Waals surface area contributed by atoms with Crippen LogP contribution in [0.1, 0.15) is 24.0 Å². The molecule has 2 rings (SSSR count). The van der Waals surface area contributed by atoms with Crippen LogP contribution in [0.15, 0.2) is 36.4 Å². The molecular weight excluding hydrogens is 319 g/mol. The fraction of sp³-hybridized carbons (Fsp3) is 0.250. The second-order valence-electron chi connectivity index (χ2n) is 5.38. The molecule has 0 radical (unpaired) electrons. The van der Waals surface area contributed by atoms with Crippen LogP contribution in [0.25, 0.3) is 0 Å². The Kier molecular flexibility index (Phi) is 5.31. The lowest BCUT2D eigenvalue weighted by atomic mass is 10.0. The van der Waals surface area contributed by atoms with E-state index in [1.165, 1.54) is 0 Å². The third-order valence-electron chi connectivity index (χ3n) is 3.55. The van der Waals surface area contributed by atoms with Crippen molar-refractivity contribution < 1.29 is 29.7 Å². The molecule has 0 fully saturated rings. The fourth-order valence-corrected chi connectivity index (χ4v) is 3.36. The molecule has 0 aromatic heterocycles. The van der Waals surface area contributed by atoms with Gasteiger partial charge in [-0.05, 0) is 49.4 Å². The molecule has 23 heavy (non-hydrogen) atoms. The van der Waals surface area contributed by atoms with Gasteiger partial charge in [0.2, 0.25) is 0 Å². The van der Waals surface area contributed by atoms with Gasteiger partial charge in [-0.25, -0.2) is 0 Å². The van der Waals surface area contributed by atoms with E-state index in [0.29, 0.717) is 12.8 Å². The summed E-state index contributed by atoms with van der Waals surface area (Å²) in [7, 11) is -4.58. The Balaban J connectivity index is 2.04. The maximum absolute atomic E-state index is 11.5. The van der Waals surface area contributed by atoms with Crippen LogP contribution in [0.2, 0.25) is 0 Å². The Morgan fingerprint density at radius 2 is 1.57 bits per heavy atom. The lowest BCUT2D eigenvalue weighted by Crippen LogP contribution is -2.11. The minimum absolute atomic E-state index is 0.159. The lowest BCUT2D eigenvalue weighted by Gasteiger charge is -2.13. The molecule has 7 heteroatoms. The van der Waals surface area contributed by atoms with Crippen molar-refractivity contribution in [2.75, 3.05) is 0 Å².